The topological polar surface area (TPSA) is 77.6 Å². The van der Waals surface area contributed by atoms with E-state index in [1.54, 1.807) is 33.8 Å². The number of amides is 1. The Hall–Kier alpha value is -2.90. The molecule has 1 aliphatic rings. The summed E-state index contributed by atoms with van der Waals surface area (Å²) in [5.74, 6) is 0.841. The van der Waals surface area contributed by atoms with Gasteiger partial charge in [0.05, 0.1) is 12.2 Å². The number of benzene rings is 1. The fourth-order valence-electron chi connectivity index (χ4n) is 4.04. The first-order chi connectivity index (χ1) is 15.4. The molecular formula is C23H22Cl2N6O. The fraction of sp³-hybridized carbons (Fsp3) is 0.304. The lowest BCUT2D eigenvalue weighted by Gasteiger charge is -2.08. The molecule has 0 unspecified atom stereocenters. The van der Waals surface area contributed by atoms with Crippen molar-refractivity contribution in [2.24, 2.45) is 0 Å². The van der Waals surface area contributed by atoms with Gasteiger partial charge in [-0.05, 0) is 56.4 Å². The number of nitrogens with zero attached hydrogens (tertiary/aromatic N) is 5. The lowest BCUT2D eigenvalue weighted by atomic mass is 10.1. The highest BCUT2D eigenvalue weighted by atomic mass is 35.5. The minimum absolute atomic E-state index is 0.0632. The molecule has 7 nitrogen and oxygen atoms in total. The first-order valence-electron chi connectivity index (χ1n) is 10.5. The highest BCUT2D eigenvalue weighted by Gasteiger charge is 2.27. The van der Waals surface area contributed by atoms with Gasteiger partial charge in [0.15, 0.2) is 11.5 Å². The number of carbonyl (C=O) groups excluding carboxylic acids is 1. The molecule has 0 radical (unpaired) electrons. The van der Waals surface area contributed by atoms with E-state index in [2.05, 4.69) is 26.6 Å². The van der Waals surface area contributed by atoms with Crippen molar-refractivity contribution >= 4 is 46.0 Å². The predicted octanol–water partition coefficient (Wildman–Crippen LogP) is 5.12. The van der Waals surface area contributed by atoms with Crippen molar-refractivity contribution in [2.75, 3.05) is 5.32 Å². The van der Waals surface area contributed by atoms with Crippen LogP contribution in [0.3, 0.4) is 0 Å². The van der Waals surface area contributed by atoms with E-state index in [9.17, 15) is 4.79 Å². The van der Waals surface area contributed by atoms with E-state index in [1.807, 2.05) is 19.9 Å². The van der Waals surface area contributed by atoms with Crippen LogP contribution in [0.4, 0.5) is 5.82 Å². The molecule has 164 valence electrons. The minimum atomic E-state index is -0.214. The number of carbonyl (C=O) groups is 1. The minimum Gasteiger partial charge on any atom is -0.308 e. The van der Waals surface area contributed by atoms with Gasteiger partial charge < -0.3 is 5.32 Å². The maximum atomic E-state index is 12.8. The van der Waals surface area contributed by atoms with Crippen LogP contribution in [0.15, 0.2) is 36.5 Å². The number of aryl methyl sites for hydroxylation is 2. The predicted molar refractivity (Wildman–Crippen MR) is 125 cm³/mol. The summed E-state index contributed by atoms with van der Waals surface area (Å²) in [5, 5.41) is 14.2. The van der Waals surface area contributed by atoms with E-state index in [1.165, 1.54) is 18.4 Å². The zero-order valence-electron chi connectivity index (χ0n) is 17.8. The fourth-order valence-corrected chi connectivity index (χ4v) is 4.55. The van der Waals surface area contributed by atoms with Crippen molar-refractivity contribution in [1.82, 2.24) is 24.5 Å². The van der Waals surface area contributed by atoms with Gasteiger partial charge >= 0.3 is 0 Å². The maximum absolute atomic E-state index is 12.8. The van der Waals surface area contributed by atoms with Crippen LogP contribution in [0.5, 0.6) is 0 Å². The Labute approximate surface area is 195 Å². The first-order valence-corrected chi connectivity index (χ1v) is 11.3. The number of anilines is 1. The zero-order chi connectivity index (χ0) is 22.4. The van der Waals surface area contributed by atoms with Gasteiger partial charge in [-0.1, -0.05) is 29.3 Å². The summed E-state index contributed by atoms with van der Waals surface area (Å²) >= 11 is 12.6. The van der Waals surface area contributed by atoms with E-state index in [0.29, 0.717) is 28.3 Å². The second-order valence-electron chi connectivity index (χ2n) is 8.19. The summed E-state index contributed by atoms with van der Waals surface area (Å²) in [6.45, 7) is 4.36. The normalized spacial score (nSPS) is 13.6. The van der Waals surface area contributed by atoms with Crippen molar-refractivity contribution in [3.05, 3.63) is 69.1 Å². The quantitative estimate of drug-likeness (QED) is 0.426. The number of aromatic nitrogens is 5. The summed E-state index contributed by atoms with van der Waals surface area (Å²) in [7, 11) is 0. The third kappa shape index (κ3) is 3.98. The summed E-state index contributed by atoms with van der Waals surface area (Å²) in [5.41, 5.74) is 4.60. The third-order valence-electron chi connectivity index (χ3n) is 5.77. The number of pyridine rings is 1. The zero-order valence-corrected chi connectivity index (χ0v) is 19.3. The van der Waals surface area contributed by atoms with E-state index in [0.717, 1.165) is 28.0 Å². The van der Waals surface area contributed by atoms with E-state index < -0.39 is 0 Å². The van der Waals surface area contributed by atoms with Gasteiger partial charge in [0.25, 0.3) is 0 Å². The van der Waals surface area contributed by atoms with Crippen molar-refractivity contribution in [2.45, 2.75) is 45.7 Å². The van der Waals surface area contributed by atoms with Gasteiger partial charge in [0, 0.05) is 39.0 Å². The Balaban J connectivity index is 1.33. The van der Waals surface area contributed by atoms with Gasteiger partial charge in [0.1, 0.15) is 6.54 Å². The molecule has 0 bridgehead atoms. The molecule has 9 heteroatoms. The largest absolute Gasteiger partial charge is 0.308 e. The van der Waals surface area contributed by atoms with Crippen LogP contribution < -0.4 is 5.32 Å². The van der Waals surface area contributed by atoms with Crippen molar-refractivity contribution in [1.29, 1.82) is 0 Å². The highest BCUT2D eigenvalue weighted by Crippen LogP contribution is 2.43. The molecular weight excluding hydrogens is 447 g/mol. The average Bonchev–Trinajstić information content (AvgIpc) is 3.47. The van der Waals surface area contributed by atoms with Crippen LogP contribution in [0.1, 0.15) is 41.3 Å². The SMILES string of the molecule is Cc1nn(CC(=O)Nc2cc(C)n(Cc3c(Cl)cccc3Cl)n2)c2nccc(C3CC3)c12. The Morgan fingerprint density at radius 2 is 1.88 bits per heavy atom. The monoisotopic (exact) mass is 468 g/mol. The first kappa shape index (κ1) is 21.0. The van der Waals surface area contributed by atoms with Gasteiger partial charge in [-0.25, -0.2) is 9.67 Å². The van der Waals surface area contributed by atoms with Gasteiger partial charge in [-0.15, -0.1) is 0 Å². The summed E-state index contributed by atoms with van der Waals surface area (Å²) in [6.07, 6.45) is 4.20. The van der Waals surface area contributed by atoms with E-state index in [-0.39, 0.29) is 12.5 Å². The summed E-state index contributed by atoms with van der Waals surface area (Å²) in [4.78, 5) is 17.3. The molecule has 0 aliphatic heterocycles. The standard InChI is InChI=1S/C23H22Cl2N6O/c1-13-10-20(29-30(13)11-17-18(24)4-3-5-19(17)25)27-21(32)12-31-23-22(14(2)28-31)16(8-9-26-23)15-6-7-15/h3-5,8-10,15H,6-7,11-12H2,1-2H3,(H,27,29,32). The molecule has 1 fully saturated rings. The Morgan fingerprint density at radius 3 is 2.59 bits per heavy atom. The number of fused-ring (bicyclic) bond motifs is 1. The number of rotatable bonds is 6. The second-order valence-corrected chi connectivity index (χ2v) is 9.01. The van der Waals surface area contributed by atoms with Crippen molar-refractivity contribution in [3.63, 3.8) is 0 Å². The molecule has 4 aromatic rings. The highest BCUT2D eigenvalue weighted by molar-refractivity contribution is 6.35. The van der Waals surface area contributed by atoms with Crippen LogP contribution in [0, 0.1) is 13.8 Å². The Morgan fingerprint density at radius 1 is 1.12 bits per heavy atom. The smallest absolute Gasteiger partial charge is 0.247 e. The van der Waals surface area contributed by atoms with Crippen LogP contribution in [-0.4, -0.2) is 30.5 Å². The van der Waals surface area contributed by atoms with Gasteiger partial charge in [-0.3, -0.25) is 9.48 Å². The third-order valence-corrected chi connectivity index (χ3v) is 6.48. The number of nitrogens with one attached hydrogen (secondary N) is 1. The maximum Gasteiger partial charge on any atom is 0.247 e. The summed E-state index contributed by atoms with van der Waals surface area (Å²) in [6, 6.07) is 9.28. The lowest BCUT2D eigenvalue weighted by Crippen LogP contribution is -2.20. The number of hydrogen-bond donors (Lipinski definition) is 1. The molecule has 5 rings (SSSR count). The molecule has 0 atom stereocenters. The van der Waals surface area contributed by atoms with Crippen molar-refractivity contribution < 1.29 is 4.79 Å². The molecule has 1 aliphatic carbocycles. The molecule has 0 saturated heterocycles. The molecule has 0 spiro atoms. The molecule has 1 N–H and O–H groups in total. The Kier molecular flexibility index (Phi) is 5.39. The van der Waals surface area contributed by atoms with Crippen molar-refractivity contribution in [3.8, 4) is 0 Å². The Bertz CT molecular complexity index is 1320. The average molecular weight is 469 g/mol. The molecule has 3 aromatic heterocycles. The number of hydrogen-bond acceptors (Lipinski definition) is 4. The van der Waals surface area contributed by atoms with Gasteiger partial charge in [0.2, 0.25) is 5.91 Å². The van der Waals surface area contributed by atoms with Crippen LogP contribution in [-0.2, 0) is 17.9 Å². The molecule has 1 saturated carbocycles. The second kappa shape index (κ2) is 8.22. The molecule has 1 aromatic carbocycles. The van der Waals surface area contributed by atoms with Crippen LogP contribution in [0.2, 0.25) is 10.0 Å². The summed E-state index contributed by atoms with van der Waals surface area (Å²) < 4.78 is 3.43. The lowest BCUT2D eigenvalue weighted by molar-refractivity contribution is -0.116. The molecule has 3 heterocycles. The molecule has 1 amide bonds. The van der Waals surface area contributed by atoms with Crippen LogP contribution in [0.25, 0.3) is 11.0 Å². The van der Waals surface area contributed by atoms with Gasteiger partial charge in [-0.2, -0.15) is 10.2 Å². The van der Waals surface area contributed by atoms with Crippen LogP contribution >= 0.6 is 23.2 Å². The number of halogens is 2. The molecule has 32 heavy (non-hydrogen) atoms. The van der Waals surface area contributed by atoms with E-state index in [4.69, 9.17) is 23.2 Å². The van der Waals surface area contributed by atoms with E-state index >= 15 is 0 Å².